The van der Waals surface area contributed by atoms with Crippen molar-refractivity contribution in [1.82, 2.24) is 20.3 Å². The van der Waals surface area contributed by atoms with Crippen molar-refractivity contribution in [1.29, 1.82) is 0 Å². The molecule has 4 aromatic rings. The van der Waals surface area contributed by atoms with Crippen molar-refractivity contribution in [2.24, 2.45) is 0 Å². The molecule has 0 bridgehead atoms. The fourth-order valence-electron chi connectivity index (χ4n) is 3.43. The number of hydrogen-bond donors (Lipinski definition) is 1. The number of nitrogens with zero attached hydrogens (tertiary/aromatic N) is 3. The third kappa shape index (κ3) is 5.78. The zero-order valence-corrected chi connectivity index (χ0v) is 20.8. The van der Waals surface area contributed by atoms with E-state index >= 15 is 0 Å². The lowest BCUT2D eigenvalue weighted by Crippen LogP contribution is -2.34. The molecule has 34 heavy (non-hydrogen) atoms. The monoisotopic (exact) mass is 480 g/mol. The van der Waals surface area contributed by atoms with Gasteiger partial charge in [-0.25, -0.2) is 14.8 Å². The van der Waals surface area contributed by atoms with Crippen LogP contribution < -0.4 is 10.1 Å². The van der Waals surface area contributed by atoms with Crippen LogP contribution in [-0.4, -0.2) is 46.9 Å². The molecule has 178 valence electrons. The largest absolute Gasteiger partial charge is 0.492 e. The summed E-state index contributed by atoms with van der Waals surface area (Å²) in [6.07, 6.45) is 1.29. The van der Waals surface area contributed by atoms with Gasteiger partial charge < -0.3 is 19.5 Å². The fourth-order valence-corrected chi connectivity index (χ4v) is 4.44. The number of aromatic nitrogens is 3. The van der Waals surface area contributed by atoms with Crippen molar-refractivity contribution in [3.05, 3.63) is 47.8 Å². The Morgan fingerprint density at radius 1 is 1.12 bits per heavy atom. The number of hydrogen-bond acceptors (Lipinski definition) is 8. The van der Waals surface area contributed by atoms with Gasteiger partial charge >= 0.3 is 6.09 Å². The summed E-state index contributed by atoms with van der Waals surface area (Å²) < 4.78 is 17.2. The highest BCUT2D eigenvalue weighted by Gasteiger charge is 2.16. The Bertz CT molecular complexity index is 1330. The van der Waals surface area contributed by atoms with E-state index < -0.39 is 11.7 Å². The van der Waals surface area contributed by atoms with Gasteiger partial charge in [-0.05, 0) is 63.6 Å². The average molecular weight is 481 g/mol. The number of alkyl carbamates (subject to hydrolysis) is 1. The molecule has 1 amide bonds. The first-order valence-corrected chi connectivity index (χ1v) is 11.8. The SMILES string of the molecule is COCc1cnc2c(-c3nc4ccc(OCCNC(=O)OC(C)(C)C)cc4s3)cc(C)cc2n1. The second-order valence-corrected chi connectivity index (χ2v) is 9.93. The average Bonchev–Trinajstić information content (AvgIpc) is 3.18. The van der Waals surface area contributed by atoms with Crippen molar-refractivity contribution in [3.63, 3.8) is 0 Å². The summed E-state index contributed by atoms with van der Waals surface area (Å²) >= 11 is 1.58. The van der Waals surface area contributed by atoms with E-state index in [1.807, 2.05) is 52.0 Å². The predicted octanol–water partition coefficient (Wildman–Crippen LogP) is 5.26. The Morgan fingerprint density at radius 2 is 1.94 bits per heavy atom. The first kappa shape index (κ1) is 23.8. The standard InChI is InChI=1S/C25H28N4O4S/c1-15-10-18(22-20(11-15)28-16(13-27-22)14-31-5)23-29-19-7-6-17(12-21(19)34-23)32-9-8-26-24(30)33-25(2,3)4/h6-7,10-13H,8-9,14H2,1-5H3,(H,26,30). The summed E-state index contributed by atoms with van der Waals surface area (Å²) in [5.74, 6) is 0.715. The maximum atomic E-state index is 11.7. The van der Waals surface area contributed by atoms with Crippen molar-refractivity contribution in [3.8, 4) is 16.3 Å². The smallest absolute Gasteiger partial charge is 0.407 e. The Balaban J connectivity index is 1.50. The van der Waals surface area contributed by atoms with Crippen molar-refractivity contribution >= 4 is 38.7 Å². The lowest BCUT2D eigenvalue weighted by molar-refractivity contribution is 0.0520. The lowest BCUT2D eigenvalue weighted by Gasteiger charge is -2.19. The van der Waals surface area contributed by atoms with Gasteiger partial charge in [0.15, 0.2) is 0 Å². The van der Waals surface area contributed by atoms with Crippen LogP contribution in [0.1, 0.15) is 32.0 Å². The number of nitrogens with one attached hydrogen (secondary N) is 1. The van der Waals surface area contributed by atoms with Crippen LogP contribution in [0.25, 0.3) is 31.8 Å². The molecular weight excluding hydrogens is 452 g/mol. The van der Waals surface area contributed by atoms with E-state index in [0.29, 0.717) is 25.5 Å². The zero-order valence-electron chi connectivity index (χ0n) is 20.0. The van der Waals surface area contributed by atoms with E-state index in [1.165, 1.54) is 0 Å². The van der Waals surface area contributed by atoms with E-state index in [0.717, 1.165) is 43.1 Å². The molecule has 0 aliphatic rings. The zero-order chi connectivity index (χ0) is 24.3. The number of carbonyl (C=O) groups excluding carboxylic acids is 1. The molecule has 0 fully saturated rings. The van der Waals surface area contributed by atoms with E-state index in [-0.39, 0.29) is 0 Å². The summed E-state index contributed by atoms with van der Waals surface area (Å²) in [6, 6.07) is 9.89. The molecule has 0 atom stereocenters. The Labute approximate surface area is 202 Å². The summed E-state index contributed by atoms with van der Waals surface area (Å²) in [6.45, 7) is 8.62. The van der Waals surface area contributed by atoms with Crippen molar-refractivity contribution < 1.29 is 19.0 Å². The van der Waals surface area contributed by atoms with Gasteiger partial charge in [-0.15, -0.1) is 11.3 Å². The summed E-state index contributed by atoms with van der Waals surface area (Å²) in [7, 11) is 1.64. The normalized spacial score (nSPS) is 11.7. The molecule has 0 aliphatic heterocycles. The number of amides is 1. The highest BCUT2D eigenvalue weighted by Crippen LogP contribution is 2.35. The minimum Gasteiger partial charge on any atom is -0.492 e. The van der Waals surface area contributed by atoms with Crippen LogP contribution >= 0.6 is 11.3 Å². The van der Waals surface area contributed by atoms with Gasteiger partial charge in [0.1, 0.15) is 23.0 Å². The maximum Gasteiger partial charge on any atom is 0.407 e. The molecule has 4 rings (SSSR count). The van der Waals surface area contributed by atoms with Crippen LogP contribution in [0.4, 0.5) is 4.79 Å². The predicted molar refractivity (Wildman–Crippen MR) is 133 cm³/mol. The van der Waals surface area contributed by atoms with Crippen LogP contribution in [0.15, 0.2) is 36.5 Å². The number of fused-ring (bicyclic) bond motifs is 2. The highest BCUT2D eigenvalue weighted by molar-refractivity contribution is 7.21. The first-order valence-electron chi connectivity index (χ1n) is 11.0. The van der Waals surface area contributed by atoms with Gasteiger partial charge in [0, 0.05) is 12.7 Å². The molecule has 0 saturated heterocycles. The molecule has 2 aromatic heterocycles. The van der Waals surface area contributed by atoms with Crippen LogP contribution in [0, 0.1) is 6.92 Å². The molecule has 0 spiro atoms. The van der Waals surface area contributed by atoms with Gasteiger partial charge in [0.2, 0.25) is 0 Å². The van der Waals surface area contributed by atoms with Crippen LogP contribution in [-0.2, 0) is 16.1 Å². The molecule has 9 heteroatoms. The second kappa shape index (κ2) is 9.90. The number of benzene rings is 2. The quantitative estimate of drug-likeness (QED) is 0.360. The van der Waals surface area contributed by atoms with Gasteiger partial charge in [-0.3, -0.25) is 4.98 Å². The van der Waals surface area contributed by atoms with Crippen molar-refractivity contribution in [2.75, 3.05) is 20.3 Å². The van der Waals surface area contributed by atoms with Gasteiger partial charge in [-0.2, -0.15) is 0 Å². The van der Waals surface area contributed by atoms with Crippen LogP contribution in [0.3, 0.4) is 0 Å². The molecule has 0 aliphatic carbocycles. The van der Waals surface area contributed by atoms with Crippen LogP contribution in [0.2, 0.25) is 0 Å². The summed E-state index contributed by atoms with van der Waals surface area (Å²) in [5, 5.41) is 3.57. The Hall–Kier alpha value is -3.30. The molecule has 8 nitrogen and oxygen atoms in total. The van der Waals surface area contributed by atoms with Crippen LogP contribution in [0.5, 0.6) is 5.75 Å². The van der Waals surface area contributed by atoms with E-state index in [2.05, 4.69) is 21.4 Å². The summed E-state index contributed by atoms with van der Waals surface area (Å²) in [5.41, 5.74) is 4.83. The lowest BCUT2D eigenvalue weighted by atomic mass is 10.1. The molecule has 0 unspecified atom stereocenters. The fraction of sp³-hybridized carbons (Fsp3) is 0.360. The Kier molecular flexibility index (Phi) is 6.95. The van der Waals surface area contributed by atoms with Crippen molar-refractivity contribution in [2.45, 2.75) is 39.9 Å². The first-order chi connectivity index (χ1) is 16.2. The second-order valence-electron chi connectivity index (χ2n) is 8.90. The Morgan fingerprint density at radius 3 is 2.71 bits per heavy atom. The molecule has 0 saturated carbocycles. The third-order valence-electron chi connectivity index (χ3n) is 4.76. The van der Waals surface area contributed by atoms with E-state index in [9.17, 15) is 4.79 Å². The van der Waals surface area contributed by atoms with E-state index in [4.69, 9.17) is 19.2 Å². The molecule has 2 heterocycles. The number of rotatable bonds is 7. The van der Waals surface area contributed by atoms with Gasteiger partial charge in [0.25, 0.3) is 0 Å². The number of ether oxygens (including phenoxy) is 3. The maximum absolute atomic E-state index is 11.7. The minimum atomic E-state index is -0.528. The molecule has 0 radical (unpaired) electrons. The highest BCUT2D eigenvalue weighted by atomic mass is 32.1. The number of aryl methyl sites for hydroxylation is 1. The van der Waals surface area contributed by atoms with Gasteiger partial charge in [-0.1, -0.05) is 0 Å². The molecular formula is C25H28N4O4S. The number of thiazole rings is 1. The number of carbonyl (C=O) groups is 1. The molecule has 2 aromatic carbocycles. The minimum absolute atomic E-state index is 0.332. The van der Waals surface area contributed by atoms with Gasteiger partial charge in [0.05, 0.1) is 46.3 Å². The third-order valence-corrected chi connectivity index (χ3v) is 5.81. The summed E-state index contributed by atoms with van der Waals surface area (Å²) in [4.78, 5) is 25.9. The van der Waals surface area contributed by atoms with E-state index in [1.54, 1.807) is 24.6 Å². The number of methoxy groups -OCH3 is 1. The topological polar surface area (TPSA) is 95.5 Å². The molecule has 1 N–H and O–H groups in total.